The minimum atomic E-state index is 0.486. The lowest BCUT2D eigenvalue weighted by Crippen LogP contribution is -2.21. The van der Waals surface area contributed by atoms with E-state index in [2.05, 4.69) is 20.6 Å². The summed E-state index contributed by atoms with van der Waals surface area (Å²) in [6.07, 6.45) is 5.52. The maximum Gasteiger partial charge on any atom is 0.222 e. The molecule has 0 radical (unpaired) electrons. The van der Waals surface area contributed by atoms with Gasteiger partial charge in [0.1, 0.15) is 6.07 Å². The summed E-state index contributed by atoms with van der Waals surface area (Å²) in [4.78, 5) is 8.29. The minimum Gasteiger partial charge on any atom is -0.351 e. The number of nitrogens with one attached hydrogen (secondary N) is 2. The van der Waals surface area contributed by atoms with E-state index in [9.17, 15) is 0 Å². The summed E-state index contributed by atoms with van der Waals surface area (Å²) < 4.78 is 0. The van der Waals surface area contributed by atoms with Crippen LogP contribution in [0.5, 0.6) is 0 Å². The van der Waals surface area contributed by atoms with E-state index in [1.165, 1.54) is 12.8 Å². The number of nitrogens with zero attached hydrogens (tertiary/aromatic N) is 3. The topological polar surface area (TPSA) is 73.6 Å². The van der Waals surface area contributed by atoms with Gasteiger partial charge in [-0.05, 0) is 37.8 Å². The molecule has 0 spiro atoms. The fourth-order valence-electron chi connectivity index (χ4n) is 2.93. The van der Waals surface area contributed by atoms with Crippen LogP contribution in [-0.2, 0) is 0 Å². The van der Waals surface area contributed by atoms with Gasteiger partial charge in [0.2, 0.25) is 5.95 Å². The third-order valence-electron chi connectivity index (χ3n) is 3.77. The molecule has 2 aliphatic rings. The molecule has 1 aliphatic heterocycles. The summed E-state index contributed by atoms with van der Waals surface area (Å²) in [5, 5.41) is 15.5. The molecule has 2 unspecified atom stereocenters. The third-order valence-corrected chi connectivity index (χ3v) is 3.77. The number of hydrogen-bond acceptors (Lipinski definition) is 5. The van der Waals surface area contributed by atoms with E-state index in [4.69, 9.17) is 5.26 Å². The normalized spacial score (nSPS) is 30.9. The van der Waals surface area contributed by atoms with Crippen molar-refractivity contribution in [2.45, 2.75) is 18.9 Å². The van der Waals surface area contributed by atoms with E-state index in [1.807, 2.05) is 6.07 Å². The number of anilines is 1. The van der Waals surface area contributed by atoms with Crippen LogP contribution < -0.4 is 10.6 Å². The highest BCUT2D eigenvalue weighted by Gasteiger charge is 2.37. The summed E-state index contributed by atoms with van der Waals surface area (Å²) in [5.74, 6) is 2.26. The van der Waals surface area contributed by atoms with Crippen molar-refractivity contribution >= 4 is 5.95 Å². The molecule has 1 aromatic heterocycles. The highest BCUT2D eigenvalue weighted by atomic mass is 15.1. The number of aromatic nitrogens is 2. The van der Waals surface area contributed by atoms with E-state index in [1.54, 1.807) is 12.4 Å². The van der Waals surface area contributed by atoms with Crippen LogP contribution in [0.4, 0.5) is 5.95 Å². The Labute approximate surface area is 100 Å². The average molecular weight is 229 g/mol. The lowest BCUT2D eigenvalue weighted by Gasteiger charge is -2.13. The van der Waals surface area contributed by atoms with Gasteiger partial charge in [-0.15, -0.1) is 0 Å². The van der Waals surface area contributed by atoms with Gasteiger partial charge in [-0.25, -0.2) is 9.97 Å². The zero-order valence-electron chi connectivity index (χ0n) is 9.56. The van der Waals surface area contributed by atoms with Crippen molar-refractivity contribution in [3.8, 4) is 6.07 Å². The number of nitriles is 1. The molecule has 0 aromatic carbocycles. The summed E-state index contributed by atoms with van der Waals surface area (Å²) in [6, 6.07) is 2.51. The Morgan fingerprint density at radius 3 is 2.47 bits per heavy atom. The number of hydrogen-bond donors (Lipinski definition) is 2. The number of fused-ring (bicyclic) bond motifs is 1. The minimum absolute atomic E-state index is 0.486. The Morgan fingerprint density at radius 2 is 1.88 bits per heavy atom. The van der Waals surface area contributed by atoms with Crippen molar-refractivity contribution < 1.29 is 0 Å². The second-order valence-corrected chi connectivity index (χ2v) is 4.90. The molecule has 2 fully saturated rings. The second-order valence-electron chi connectivity index (χ2n) is 4.90. The summed E-state index contributed by atoms with van der Waals surface area (Å²) in [5.41, 5.74) is 0.503. The standard InChI is InChI=1S/C12H15N5/c13-3-8-4-15-12(16-5-8)17-11-1-9-6-14-7-10(9)2-11/h4-5,9-11,14H,1-2,6-7H2,(H,15,16,17). The Kier molecular flexibility index (Phi) is 2.65. The fourth-order valence-corrected chi connectivity index (χ4v) is 2.93. The Bertz CT molecular complexity index is 423. The van der Waals surface area contributed by atoms with Gasteiger partial charge in [-0.2, -0.15) is 5.26 Å². The second kappa shape index (κ2) is 4.30. The van der Waals surface area contributed by atoms with Crippen LogP contribution in [0.2, 0.25) is 0 Å². The molecule has 1 aromatic rings. The molecular formula is C12H15N5. The first kappa shape index (κ1) is 10.5. The summed E-state index contributed by atoms with van der Waals surface area (Å²) in [7, 11) is 0. The highest BCUT2D eigenvalue weighted by Crippen LogP contribution is 2.35. The zero-order valence-corrected chi connectivity index (χ0v) is 9.56. The van der Waals surface area contributed by atoms with E-state index in [0.29, 0.717) is 17.6 Å². The smallest absolute Gasteiger partial charge is 0.222 e. The molecule has 2 N–H and O–H groups in total. The van der Waals surface area contributed by atoms with Gasteiger partial charge in [-0.1, -0.05) is 0 Å². The summed E-state index contributed by atoms with van der Waals surface area (Å²) >= 11 is 0. The molecule has 88 valence electrons. The Balaban J connectivity index is 1.62. The van der Waals surface area contributed by atoms with Gasteiger partial charge in [0, 0.05) is 6.04 Å². The van der Waals surface area contributed by atoms with E-state index in [-0.39, 0.29) is 0 Å². The predicted octanol–water partition coefficient (Wildman–Crippen LogP) is 0.758. The number of rotatable bonds is 2. The van der Waals surface area contributed by atoms with Gasteiger partial charge >= 0.3 is 0 Å². The molecule has 5 nitrogen and oxygen atoms in total. The van der Waals surface area contributed by atoms with Crippen LogP contribution in [0.1, 0.15) is 18.4 Å². The van der Waals surface area contributed by atoms with Crippen LogP contribution in [0.15, 0.2) is 12.4 Å². The molecule has 17 heavy (non-hydrogen) atoms. The molecular weight excluding hydrogens is 214 g/mol. The van der Waals surface area contributed by atoms with Crippen LogP contribution in [0.25, 0.3) is 0 Å². The van der Waals surface area contributed by atoms with E-state index >= 15 is 0 Å². The maximum absolute atomic E-state index is 8.66. The Morgan fingerprint density at radius 1 is 1.24 bits per heavy atom. The average Bonchev–Trinajstić information content (AvgIpc) is 2.90. The van der Waals surface area contributed by atoms with Crippen molar-refractivity contribution in [1.82, 2.24) is 15.3 Å². The van der Waals surface area contributed by atoms with Gasteiger partial charge in [-0.3, -0.25) is 0 Å². The van der Waals surface area contributed by atoms with Gasteiger partial charge < -0.3 is 10.6 Å². The molecule has 1 saturated carbocycles. The molecule has 0 amide bonds. The first-order chi connectivity index (χ1) is 8.35. The molecule has 2 heterocycles. The SMILES string of the molecule is N#Cc1cnc(NC2CC3CNCC3C2)nc1. The monoisotopic (exact) mass is 229 g/mol. The molecule has 2 atom stereocenters. The predicted molar refractivity (Wildman–Crippen MR) is 63.2 cm³/mol. The van der Waals surface area contributed by atoms with E-state index in [0.717, 1.165) is 24.9 Å². The van der Waals surface area contributed by atoms with Crippen molar-refractivity contribution in [2.75, 3.05) is 18.4 Å². The van der Waals surface area contributed by atoms with Crippen LogP contribution in [0.3, 0.4) is 0 Å². The largest absolute Gasteiger partial charge is 0.351 e. The zero-order chi connectivity index (χ0) is 11.7. The lowest BCUT2D eigenvalue weighted by molar-refractivity contribution is 0.494. The van der Waals surface area contributed by atoms with Gasteiger partial charge in [0.15, 0.2) is 0 Å². The molecule has 1 aliphatic carbocycles. The summed E-state index contributed by atoms with van der Waals surface area (Å²) in [6.45, 7) is 2.30. The van der Waals surface area contributed by atoms with Crippen molar-refractivity contribution in [3.05, 3.63) is 18.0 Å². The first-order valence-corrected chi connectivity index (χ1v) is 6.04. The first-order valence-electron chi connectivity index (χ1n) is 6.04. The molecule has 0 bridgehead atoms. The van der Waals surface area contributed by atoms with Crippen LogP contribution >= 0.6 is 0 Å². The fraction of sp³-hybridized carbons (Fsp3) is 0.583. The van der Waals surface area contributed by atoms with Crippen molar-refractivity contribution in [3.63, 3.8) is 0 Å². The van der Waals surface area contributed by atoms with Crippen LogP contribution in [-0.4, -0.2) is 29.1 Å². The lowest BCUT2D eigenvalue weighted by atomic mass is 10.0. The molecule has 3 rings (SSSR count). The quantitative estimate of drug-likeness (QED) is 0.783. The van der Waals surface area contributed by atoms with Crippen LogP contribution in [0, 0.1) is 23.2 Å². The molecule has 1 saturated heterocycles. The maximum atomic E-state index is 8.66. The van der Waals surface area contributed by atoms with Gasteiger partial charge in [0.05, 0.1) is 18.0 Å². The Hall–Kier alpha value is -1.67. The van der Waals surface area contributed by atoms with Crippen molar-refractivity contribution in [1.29, 1.82) is 5.26 Å². The van der Waals surface area contributed by atoms with Crippen molar-refractivity contribution in [2.24, 2.45) is 11.8 Å². The third kappa shape index (κ3) is 2.08. The highest BCUT2D eigenvalue weighted by molar-refractivity contribution is 5.31. The van der Waals surface area contributed by atoms with E-state index < -0.39 is 0 Å². The van der Waals surface area contributed by atoms with Gasteiger partial charge in [0.25, 0.3) is 0 Å². The molecule has 5 heteroatoms.